The minimum Gasteiger partial charge on any atom is -0.300 e. The van der Waals surface area contributed by atoms with Crippen LogP contribution < -0.4 is 4.72 Å². The van der Waals surface area contributed by atoms with Gasteiger partial charge in [0.2, 0.25) is 10.0 Å². The molecule has 0 amide bonds. The van der Waals surface area contributed by atoms with Gasteiger partial charge in [0, 0.05) is 18.6 Å². The van der Waals surface area contributed by atoms with Gasteiger partial charge in [-0.25, -0.2) is 13.1 Å². The fourth-order valence-corrected chi connectivity index (χ4v) is 7.00. The molecule has 6 nitrogen and oxygen atoms in total. The van der Waals surface area contributed by atoms with E-state index in [-0.39, 0.29) is 6.04 Å². The summed E-state index contributed by atoms with van der Waals surface area (Å²) in [5.74, 6) is 3.00. The first-order chi connectivity index (χ1) is 12.8. The second kappa shape index (κ2) is 8.84. The smallest absolute Gasteiger partial charge is 0.244 e. The molecule has 2 aliphatic rings. The van der Waals surface area contributed by atoms with Gasteiger partial charge in [-0.3, -0.25) is 4.68 Å². The zero-order chi connectivity index (χ0) is 19.6. The Hall–Kier alpha value is -0.570. The van der Waals surface area contributed by atoms with E-state index in [0.29, 0.717) is 23.1 Å². The van der Waals surface area contributed by atoms with Crippen molar-refractivity contribution in [3.8, 4) is 0 Å². The SMILES string of the molecule is Cc1nn(C(C)C)c(C)c1S(=O)(=O)NCC1CCN(C2CCSCC2)CC1. The monoisotopic (exact) mass is 414 g/mol. The average molecular weight is 415 g/mol. The summed E-state index contributed by atoms with van der Waals surface area (Å²) >= 11 is 2.07. The Bertz CT molecular complexity index is 731. The molecule has 154 valence electrons. The van der Waals surface area contributed by atoms with E-state index < -0.39 is 10.0 Å². The van der Waals surface area contributed by atoms with Gasteiger partial charge in [0.05, 0.1) is 11.4 Å². The van der Waals surface area contributed by atoms with Gasteiger partial charge in [-0.05, 0) is 83.9 Å². The molecular weight excluding hydrogens is 380 g/mol. The highest BCUT2D eigenvalue weighted by atomic mass is 32.2. The van der Waals surface area contributed by atoms with Gasteiger partial charge >= 0.3 is 0 Å². The molecule has 1 aromatic heterocycles. The third-order valence-corrected chi connectivity index (χ3v) is 8.66. The van der Waals surface area contributed by atoms with E-state index in [1.54, 1.807) is 11.6 Å². The third kappa shape index (κ3) is 4.89. The van der Waals surface area contributed by atoms with Crippen LogP contribution in [0.3, 0.4) is 0 Å². The quantitative estimate of drug-likeness (QED) is 0.775. The van der Waals surface area contributed by atoms with Crippen molar-refractivity contribution in [3.63, 3.8) is 0 Å². The number of thioether (sulfide) groups is 1. The lowest BCUT2D eigenvalue weighted by Gasteiger charge is -2.39. The van der Waals surface area contributed by atoms with E-state index in [1.807, 2.05) is 20.8 Å². The van der Waals surface area contributed by atoms with Crippen molar-refractivity contribution in [3.05, 3.63) is 11.4 Å². The summed E-state index contributed by atoms with van der Waals surface area (Å²) in [7, 11) is -3.52. The number of likely N-dealkylation sites (tertiary alicyclic amines) is 1. The molecule has 0 aliphatic carbocycles. The molecule has 3 rings (SSSR count). The van der Waals surface area contributed by atoms with E-state index in [9.17, 15) is 8.42 Å². The van der Waals surface area contributed by atoms with Gasteiger partial charge in [-0.1, -0.05) is 0 Å². The summed E-state index contributed by atoms with van der Waals surface area (Å²) in [4.78, 5) is 2.99. The average Bonchev–Trinajstić information content (AvgIpc) is 2.96. The van der Waals surface area contributed by atoms with Crippen LogP contribution in [0.4, 0.5) is 0 Å². The van der Waals surface area contributed by atoms with Gasteiger partial charge in [-0.15, -0.1) is 0 Å². The first-order valence-corrected chi connectivity index (χ1v) is 12.8. The predicted molar refractivity (Wildman–Crippen MR) is 112 cm³/mol. The van der Waals surface area contributed by atoms with Crippen molar-refractivity contribution in [2.45, 2.75) is 70.4 Å². The first-order valence-electron chi connectivity index (χ1n) is 10.2. The van der Waals surface area contributed by atoms with Crippen LogP contribution in [0.5, 0.6) is 0 Å². The number of rotatable bonds is 6. The molecule has 0 aromatic carbocycles. The number of aromatic nitrogens is 2. The number of piperidine rings is 1. The van der Waals surface area contributed by atoms with Gasteiger partial charge in [0.25, 0.3) is 0 Å². The third-order valence-electron chi connectivity index (χ3n) is 5.93. The molecule has 0 saturated carbocycles. The standard InChI is InChI=1S/C19H34N4O2S2/c1-14(2)23-16(4)19(15(3)21-23)27(24,25)20-13-17-5-9-22(10-6-17)18-7-11-26-12-8-18/h14,17-18,20H,5-13H2,1-4H3. The van der Waals surface area contributed by atoms with E-state index >= 15 is 0 Å². The molecule has 2 saturated heterocycles. The lowest BCUT2D eigenvalue weighted by atomic mass is 9.95. The predicted octanol–water partition coefficient (Wildman–Crippen LogP) is 2.97. The second-order valence-corrected chi connectivity index (χ2v) is 11.1. The summed E-state index contributed by atoms with van der Waals surface area (Å²) in [6, 6.07) is 0.895. The maximum Gasteiger partial charge on any atom is 0.244 e. The number of nitrogens with one attached hydrogen (secondary N) is 1. The fourth-order valence-electron chi connectivity index (χ4n) is 4.41. The number of aryl methyl sites for hydroxylation is 1. The molecule has 27 heavy (non-hydrogen) atoms. The summed E-state index contributed by atoms with van der Waals surface area (Å²) < 4.78 is 30.4. The van der Waals surface area contributed by atoms with Crippen LogP contribution in [0.2, 0.25) is 0 Å². The van der Waals surface area contributed by atoms with E-state index in [0.717, 1.165) is 37.7 Å². The Kier molecular flexibility index (Phi) is 6.93. The summed E-state index contributed by atoms with van der Waals surface area (Å²) in [6.45, 7) is 10.4. The molecule has 2 aliphatic heterocycles. The second-order valence-electron chi connectivity index (χ2n) is 8.21. The molecule has 8 heteroatoms. The van der Waals surface area contributed by atoms with E-state index in [1.165, 1.54) is 24.3 Å². The lowest BCUT2D eigenvalue weighted by molar-refractivity contribution is 0.127. The number of hydrogen-bond acceptors (Lipinski definition) is 5. The van der Waals surface area contributed by atoms with Gasteiger partial charge in [0.1, 0.15) is 4.90 Å². The first kappa shape index (κ1) is 21.1. The van der Waals surface area contributed by atoms with Gasteiger partial charge in [0.15, 0.2) is 0 Å². The van der Waals surface area contributed by atoms with Crippen LogP contribution in [-0.2, 0) is 10.0 Å². The number of hydrogen-bond donors (Lipinski definition) is 1. The normalized spacial score (nSPS) is 21.2. The largest absolute Gasteiger partial charge is 0.300 e. The van der Waals surface area contributed by atoms with E-state index in [4.69, 9.17) is 0 Å². The Labute approximate surface area is 168 Å². The molecule has 1 N–H and O–H groups in total. The number of nitrogens with zero attached hydrogens (tertiary/aromatic N) is 3. The van der Waals surface area contributed by atoms with Crippen molar-refractivity contribution >= 4 is 21.8 Å². The Morgan fingerprint density at radius 3 is 2.33 bits per heavy atom. The molecule has 0 spiro atoms. The molecule has 2 fully saturated rings. The van der Waals surface area contributed by atoms with Crippen LogP contribution in [-0.4, -0.2) is 60.3 Å². The van der Waals surface area contributed by atoms with Crippen LogP contribution in [0.1, 0.15) is 57.0 Å². The number of sulfonamides is 1. The van der Waals surface area contributed by atoms with Crippen LogP contribution in [0.15, 0.2) is 4.90 Å². The highest BCUT2D eigenvalue weighted by Gasteiger charge is 2.29. The molecule has 0 radical (unpaired) electrons. The van der Waals surface area contributed by atoms with Crippen molar-refractivity contribution in [2.24, 2.45) is 5.92 Å². The lowest BCUT2D eigenvalue weighted by Crippen LogP contribution is -2.45. The Balaban J connectivity index is 1.56. The highest BCUT2D eigenvalue weighted by molar-refractivity contribution is 7.99. The highest BCUT2D eigenvalue weighted by Crippen LogP contribution is 2.27. The molecule has 0 bridgehead atoms. The van der Waals surface area contributed by atoms with Gasteiger partial charge in [-0.2, -0.15) is 16.9 Å². The molecule has 3 heterocycles. The maximum absolute atomic E-state index is 12.9. The Morgan fingerprint density at radius 2 is 1.78 bits per heavy atom. The molecule has 0 unspecified atom stereocenters. The maximum atomic E-state index is 12.9. The van der Waals surface area contributed by atoms with E-state index in [2.05, 4.69) is 26.5 Å². The molecule has 1 aromatic rings. The van der Waals surface area contributed by atoms with Crippen molar-refractivity contribution in [1.29, 1.82) is 0 Å². The minimum absolute atomic E-state index is 0.148. The van der Waals surface area contributed by atoms with Gasteiger partial charge < -0.3 is 4.90 Å². The van der Waals surface area contributed by atoms with Crippen LogP contribution in [0, 0.1) is 19.8 Å². The summed E-state index contributed by atoms with van der Waals surface area (Å²) in [5, 5.41) is 4.42. The summed E-state index contributed by atoms with van der Waals surface area (Å²) in [5.41, 5.74) is 1.30. The van der Waals surface area contributed by atoms with Crippen molar-refractivity contribution in [2.75, 3.05) is 31.1 Å². The molecule has 0 atom stereocenters. The van der Waals surface area contributed by atoms with Crippen molar-refractivity contribution < 1.29 is 8.42 Å². The Morgan fingerprint density at radius 1 is 1.15 bits per heavy atom. The van der Waals surface area contributed by atoms with Crippen LogP contribution in [0.25, 0.3) is 0 Å². The zero-order valence-corrected chi connectivity index (χ0v) is 18.7. The fraction of sp³-hybridized carbons (Fsp3) is 0.842. The topological polar surface area (TPSA) is 67.2 Å². The zero-order valence-electron chi connectivity index (χ0n) is 17.1. The molecular formula is C19H34N4O2S2. The van der Waals surface area contributed by atoms with Crippen molar-refractivity contribution in [1.82, 2.24) is 19.4 Å². The summed E-state index contributed by atoms with van der Waals surface area (Å²) in [6.07, 6.45) is 4.77. The minimum atomic E-state index is -3.52. The van der Waals surface area contributed by atoms with Crippen LogP contribution >= 0.6 is 11.8 Å².